The molecular formula is C14H20ClN3. The maximum Gasteiger partial charge on any atom is 0.151 e. The maximum atomic E-state index is 4.53. The van der Waals surface area contributed by atoms with Crippen LogP contribution in [-0.4, -0.2) is 9.78 Å². The molecule has 4 heteroatoms. The number of rotatable bonds is 4. The van der Waals surface area contributed by atoms with E-state index in [0.717, 1.165) is 12.4 Å². The van der Waals surface area contributed by atoms with Gasteiger partial charge >= 0.3 is 0 Å². The quantitative estimate of drug-likeness (QED) is 0.911. The Balaban J connectivity index is 0.00000162. The van der Waals surface area contributed by atoms with E-state index in [1.54, 1.807) is 0 Å². The van der Waals surface area contributed by atoms with Gasteiger partial charge in [-0.3, -0.25) is 4.68 Å². The largest absolute Gasteiger partial charge is 0.364 e. The van der Waals surface area contributed by atoms with Crippen LogP contribution in [0.4, 0.5) is 5.82 Å². The fraction of sp³-hybridized carbons (Fsp3) is 0.357. The van der Waals surface area contributed by atoms with Gasteiger partial charge in [-0.15, -0.1) is 12.4 Å². The molecule has 0 radical (unpaired) electrons. The number of hydrogen-bond donors (Lipinski definition) is 1. The molecule has 0 spiro atoms. The smallest absolute Gasteiger partial charge is 0.151 e. The van der Waals surface area contributed by atoms with Gasteiger partial charge in [-0.2, -0.15) is 5.10 Å². The standard InChI is InChI=1S/C14H19N3.ClH/c1-11(2)17-10-12(3)14(16-17)15-9-13-7-5-4-6-8-13;/h4-8,10-11H,9H2,1-3H3,(H,15,16);1H. The molecule has 2 rings (SSSR count). The number of halogens is 1. The van der Waals surface area contributed by atoms with Crippen LogP contribution in [0.3, 0.4) is 0 Å². The van der Waals surface area contributed by atoms with Crippen molar-refractivity contribution in [2.75, 3.05) is 5.32 Å². The van der Waals surface area contributed by atoms with E-state index >= 15 is 0 Å². The monoisotopic (exact) mass is 265 g/mol. The molecule has 1 N–H and O–H groups in total. The molecule has 1 aromatic heterocycles. The molecule has 0 saturated heterocycles. The molecular weight excluding hydrogens is 246 g/mol. The summed E-state index contributed by atoms with van der Waals surface area (Å²) >= 11 is 0. The van der Waals surface area contributed by atoms with Crippen LogP contribution in [-0.2, 0) is 6.54 Å². The molecule has 0 aliphatic heterocycles. The number of nitrogens with one attached hydrogen (secondary N) is 1. The fourth-order valence-electron chi connectivity index (χ4n) is 1.70. The molecule has 2 aromatic rings. The minimum Gasteiger partial charge on any atom is -0.364 e. The van der Waals surface area contributed by atoms with E-state index < -0.39 is 0 Å². The van der Waals surface area contributed by atoms with Crippen LogP contribution in [0, 0.1) is 6.92 Å². The summed E-state index contributed by atoms with van der Waals surface area (Å²) in [6, 6.07) is 10.8. The lowest BCUT2D eigenvalue weighted by Gasteiger charge is -2.05. The first-order valence-electron chi connectivity index (χ1n) is 6.00. The predicted molar refractivity (Wildman–Crippen MR) is 78.4 cm³/mol. The third-order valence-corrected chi connectivity index (χ3v) is 2.75. The van der Waals surface area contributed by atoms with Crippen molar-refractivity contribution in [3.63, 3.8) is 0 Å². The third kappa shape index (κ3) is 3.50. The molecule has 18 heavy (non-hydrogen) atoms. The van der Waals surface area contributed by atoms with E-state index in [-0.39, 0.29) is 12.4 Å². The van der Waals surface area contributed by atoms with Gasteiger partial charge in [0.2, 0.25) is 0 Å². The Kier molecular flexibility index (Phi) is 5.23. The zero-order chi connectivity index (χ0) is 12.3. The molecule has 98 valence electrons. The molecule has 0 fully saturated rings. The second kappa shape index (κ2) is 6.45. The van der Waals surface area contributed by atoms with E-state index in [1.807, 2.05) is 10.7 Å². The second-order valence-corrected chi connectivity index (χ2v) is 4.57. The van der Waals surface area contributed by atoms with Gasteiger partial charge in [-0.25, -0.2) is 0 Å². The van der Waals surface area contributed by atoms with Crippen LogP contribution in [0.15, 0.2) is 36.5 Å². The molecule has 0 atom stereocenters. The van der Waals surface area contributed by atoms with Crippen molar-refractivity contribution >= 4 is 18.2 Å². The number of nitrogens with zero attached hydrogens (tertiary/aromatic N) is 2. The van der Waals surface area contributed by atoms with E-state index in [9.17, 15) is 0 Å². The highest BCUT2D eigenvalue weighted by Crippen LogP contribution is 2.15. The number of aryl methyl sites for hydroxylation is 1. The summed E-state index contributed by atoms with van der Waals surface area (Å²) in [6.07, 6.45) is 2.08. The van der Waals surface area contributed by atoms with E-state index in [2.05, 4.69) is 61.6 Å². The highest BCUT2D eigenvalue weighted by molar-refractivity contribution is 5.85. The molecule has 1 aromatic carbocycles. The van der Waals surface area contributed by atoms with Gasteiger partial charge in [-0.1, -0.05) is 30.3 Å². The van der Waals surface area contributed by atoms with Gasteiger partial charge in [0, 0.05) is 24.3 Å². The zero-order valence-electron chi connectivity index (χ0n) is 11.1. The van der Waals surface area contributed by atoms with E-state index in [0.29, 0.717) is 6.04 Å². The Morgan fingerprint density at radius 1 is 1.22 bits per heavy atom. The minimum absolute atomic E-state index is 0. The number of anilines is 1. The number of aromatic nitrogens is 2. The van der Waals surface area contributed by atoms with Crippen LogP contribution in [0.2, 0.25) is 0 Å². The van der Waals surface area contributed by atoms with Gasteiger partial charge in [0.1, 0.15) is 0 Å². The summed E-state index contributed by atoms with van der Waals surface area (Å²) in [6.45, 7) is 7.16. The van der Waals surface area contributed by atoms with E-state index in [4.69, 9.17) is 0 Å². The van der Waals surface area contributed by atoms with Crippen LogP contribution in [0.1, 0.15) is 31.0 Å². The Bertz CT molecular complexity index is 477. The van der Waals surface area contributed by atoms with Gasteiger partial charge < -0.3 is 5.32 Å². The maximum absolute atomic E-state index is 4.53. The van der Waals surface area contributed by atoms with Crippen molar-refractivity contribution in [1.82, 2.24) is 9.78 Å². The van der Waals surface area contributed by atoms with Crippen molar-refractivity contribution in [2.45, 2.75) is 33.4 Å². The summed E-state index contributed by atoms with van der Waals surface area (Å²) in [4.78, 5) is 0. The summed E-state index contributed by atoms with van der Waals surface area (Å²) in [5.74, 6) is 0.975. The van der Waals surface area contributed by atoms with Crippen molar-refractivity contribution in [3.05, 3.63) is 47.7 Å². The van der Waals surface area contributed by atoms with Gasteiger partial charge in [0.15, 0.2) is 5.82 Å². The van der Waals surface area contributed by atoms with E-state index in [1.165, 1.54) is 11.1 Å². The lowest BCUT2D eigenvalue weighted by atomic mass is 10.2. The first kappa shape index (κ1) is 14.6. The molecule has 0 aliphatic carbocycles. The summed E-state index contributed by atoms with van der Waals surface area (Å²) in [5.41, 5.74) is 2.46. The fourth-order valence-corrected chi connectivity index (χ4v) is 1.70. The van der Waals surface area contributed by atoms with Crippen molar-refractivity contribution in [3.8, 4) is 0 Å². The van der Waals surface area contributed by atoms with Crippen molar-refractivity contribution < 1.29 is 0 Å². The Hall–Kier alpha value is -1.48. The average molecular weight is 266 g/mol. The van der Waals surface area contributed by atoms with Gasteiger partial charge in [0.25, 0.3) is 0 Å². The van der Waals surface area contributed by atoms with Crippen LogP contribution in [0.5, 0.6) is 0 Å². The topological polar surface area (TPSA) is 29.9 Å². The van der Waals surface area contributed by atoms with Crippen molar-refractivity contribution in [2.24, 2.45) is 0 Å². The molecule has 0 aliphatic rings. The molecule has 1 heterocycles. The lowest BCUT2D eigenvalue weighted by Crippen LogP contribution is -2.04. The number of hydrogen-bond acceptors (Lipinski definition) is 2. The van der Waals surface area contributed by atoms with Crippen LogP contribution in [0.25, 0.3) is 0 Å². The molecule has 0 amide bonds. The molecule has 0 saturated carbocycles. The zero-order valence-corrected chi connectivity index (χ0v) is 11.9. The highest BCUT2D eigenvalue weighted by Gasteiger charge is 2.06. The molecule has 0 bridgehead atoms. The summed E-state index contributed by atoms with van der Waals surface area (Å²) < 4.78 is 1.99. The Morgan fingerprint density at radius 3 is 2.44 bits per heavy atom. The second-order valence-electron chi connectivity index (χ2n) is 4.57. The number of benzene rings is 1. The van der Waals surface area contributed by atoms with Gasteiger partial charge in [-0.05, 0) is 26.3 Å². The molecule has 0 unspecified atom stereocenters. The van der Waals surface area contributed by atoms with Crippen LogP contribution >= 0.6 is 12.4 Å². The Morgan fingerprint density at radius 2 is 1.89 bits per heavy atom. The average Bonchev–Trinajstić information content (AvgIpc) is 2.70. The van der Waals surface area contributed by atoms with Gasteiger partial charge in [0.05, 0.1) is 0 Å². The third-order valence-electron chi connectivity index (χ3n) is 2.75. The normalized spacial score (nSPS) is 10.2. The SMILES string of the molecule is Cc1cn(C(C)C)nc1NCc1ccccc1.Cl. The molecule has 3 nitrogen and oxygen atoms in total. The Labute approximate surface area is 115 Å². The first-order chi connectivity index (χ1) is 8.16. The highest BCUT2D eigenvalue weighted by atomic mass is 35.5. The van der Waals surface area contributed by atoms with Crippen molar-refractivity contribution in [1.29, 1.82) is 0 Å². The summed E-state index contributed by atoms with van der Waals surface area (Å²) in [5, 5.41) is 7.90. The lowest BCUT2D eigenvalue weighted by molar-refractivity contribution is 0.533. The summed E-state index contributed by atoms with van der Waals surface area (Å²) in [7, 11) is 0. The first-order valence-corrected chi connectivity index (χ1v) is 6.00. The minimum atomic E-state index is 0. The van der Waals surface area contributed by atoms with Crippen LogP contribution < -0.4 is 5.32 Å². The predicted octanol–water partition coefficient (Wildman–Crippen LogP) is 3.81.